The summed E-state index contributed by atoms with van der Waals surface area (Å²) in [5, 5.41) is 12.4. The first-order chi connectivity index (χ1) is 10.5. The maximum absolute atomic E-state index is 11.9. The maximum atomic E-state index is 11.9. The van der Waals surface area contributed by atoms with Gasteiger partial charge in [-0.05, 0) is 50.4 Å². The molecule has 2 N–H and O–H groups in total. The summed E-state index contributed by atoms with van der Waals surface area (Å²) in [5.41, 5.74) is 1.16. The minimum atomic E-state index is -0.296. The van der Waals surface area contributed by atoms with Crippen LogP contribution in [-0.2, 0) is 4.79 Å². The third kappa shape index (κ3) is 5.31. The van der Waals surface area contributed by atoms with E-state index in [0.29, 0.717) is 19.7 Å². The molecular weight excluding hydrogens is 280 g/mol. The number of aliphatic hydroxyl groups excluding tert-OH is 1. The Morgan fingerprint density at radius 2 is 2.36 bits per heavy atom. The zero-order chi connectivity index (χ0) is 15.9. The molecule has 2 unspecified atom stereocenters. The van der Waals surface area contributed by atoms with Gasteiger partial charge in [0.15, 0.2) is 0 Å². The van der Waals surface area contributed by atoms with Gasteiger partial charge in [-0.3, -0.25) is 9.69 Å². The van der Waals surface area contributed by atoms with E-state index < -0.39 is 0 Å². The van der Waals surface area contributed by atoms with Gasteiger partial charge in [0, 0.05) is 6.54 Å². The van der Waals surface area contributed by atoms with Crippen molar-refractivity contribution in [3.8, 4) is 5.75 Å². The van der Waals surface area contributed by atoms with E-state index in [1.54, 1.807) is 0 Å². The largest absolute Gasteiger partial charge is 0.492 e. The molecule has 1 fully saturated rings. The van der Waals surface area contributed by atoms with Crippen molar-refractivity contribution in [1.29, 1.82) is 0 Å². The fraction of sp³-hybridized carbons (Fsp3) is 0.588. The van der Waals surface area contributed by atoms with Crippen LogP contribution in [0.15, 0.2) is 24.3 Å². The maximum Gasteiger partial charge on any atom is 0.234 e. The van der Waals surface area contributed by atoms with E-state index in [-0.39, 0.29) is 17.9 Å². The number of benzene rings is 1. The zero-order valence-corrected chi connectivity index (χ0v) is 13.4. The Morgan fingerprint density at radius 3 is 3.05 bits per heavy atom. The van der Waals surface area contributed by atoms with Crippen LogP contribution in [0.5, 0.6) is 5.75 Å². The van der Waals surface area contributed by atoms with Crippen LogP contribution >= 0.6 is 0 Å². The summed E-state index contributed by atoms with van der Waals surface area (Å²) in [4.78, 5) is 14.0. The van der Waals surface area contributed by atoms with Gasteiger partial charge >= 0.3 is 0 Å². The highest BCUT2D eigenvalue weighted by molar-refractivity contribution is 5.78. The topological polar surface area (TPSA) is 61.8 Å². The van der Waals surface area contributed by atoms with Gasteiger partial charge in [0.1, 0.15) is 12.4 Å². The van der Waals surface area contributed by atoms with Gasteiger partial charge in [-0.2, -0.15) is 0 Å². The third-order valence-electron chi connectivity index (χ3n) is 4.04. The molecule has 1 aliphatic heterocycles. The summed E-state index contributed by atoms with van der Waals surface area (Å²) in [7, 11) is 0. The Labute approximate surface area is 132 Å². The molecule has 0 saturated carbocycles. The zero-order valence-electron chi connectivity index (χ0n) is 13.4. The highest BCUT2D eigenvalue weighted by Gasteiger charge is 2.26. The molecule has 1 heterocycles. The standard InChI is InChI=1S/C17H26N2O3/c1-13-4-3-5-16(10-13)22-9-7-18-17(21)12-19-8-6-15(11-19)14(2)20/h3-5,10,14-15,20H,6-9,11-12H2,1-2H3,(H,18,21). The molecule has 0 radical (unpaired) electrons. The summed E-state index contributed by atoms with van der Waals surface area (Å²) < 4.78 is 5.59. The number of carbonyl (C=O) groups is 1. The summed E-state index contributed by atoms with van der Waals surface area (Å²) in [6, 6.07) is 7.86. The quantitative estimate of drug-likeness (QED) is 0.743. The number of likely N-dealkylation sites (tertiary alicyclic amines) is 1. The number of nitrogens with zero attached hydrogens (tertiary/aromatic N) is 1. The van der Waals surface area contributed by atoms with E-state index in [4.69, 9.17) is 4.74 Å². The average Bonchev–Trinajstić information content (AvgIpc) is 2.92. The summed E-state index contributed by atoms with van der Waals surface area (Å²) >= 11 is 0. The SMILES string of the molecule is Cc1cccc(OCCNC(=O)CN2CCC(C(C)O)C2)c1. The molecule has 1 saturated heterocycles. The molecule has 2 rings (SSSR count). The first kappa shape index (κ1) is 16.8. The second kappa shape index (κ2) is 8.15. The molecule has 22 heavy (non-hydrogen) atoms. The van der Waals surface area contributed by atoms with Gasteiger partial charge in [-0.15, -0.1) is 0 Å². The number of carbonyl (C=O) groups excluding carboxylic acids is 1. The minimum Gasteiger partial charge on any atom is -0.492 e. The van der Waals surface area contributed by atoms with Crippen LogP contribution in [0.4, 0.5) is 0 Å². The smallest absolute Gasteiger partial charge is 0.234 e. The fourth-order valence-corrected chi connectivity index (χ4v) is 2.72. The van der Waals surface area contributed by atoms with Gasteiger partial charge in [0.25, 0.3) is 0 Å². The molecule has 5 nitrogen and oxygen atoms in total. The number of hydrogen-bond acceptors (Lipinski definition) is 4. The van der Waals surface area contributed by atoms with Crippen LogP contribution < -0.4 is 10.1 Å². The molecular formula is C17H26N2O3. The molecule has 0 aromatic heterocycles. The summed E-state index contributed by atoms with van der Waals surface area (Å²) in [6.45, 7) is 6.87. The first-order valence-electron chi connectivity index (χ1n) is 7.91. The van der Waals surface area contributed by atoms with E-state index in [2.05, 4.69) is 10.2 Å². The van der Waals surface area contributed by atoms with Crippen molar-refractivity contribution in [3.63, 3.8) is 0 Å². The van der Waals surface area contributed by atoms with Crippen molar-refractivity contribution < 1.29 is 14.6 Å². The molecule has 1 aliphatic rings. The number of nitrogens with one attached hydrogen (secondary N) is 1. The molecule has 0 aliphatic carbocycles. The second-order valence-electron chi connectivity index (χ2n) is 6.04. The number of rotatable bonds is 7. The van der Waals surface area contributed by atoms with Crippen LogP contribution in [-0.4, -0.2) is 54.8 Å². The molecule has 0 bridgehead atoms. The molecule has 2 atom stereocenters. The van der Waals surface area contributed by atoms with E-state index in [1.165, 1.54) is 0 Å². The van der Waals surface area contributed by atoms with E-state index in [9.17, 15) is 9.90 Å². The van der Waals surface area contributed by atoms with Crippen molar-refractivity contribution in [1.82, 2.24) is 10.2 Å². The number of aliphatic hydroxyl groups is 1. The number of amides is 1. The molecule has 1 aromatic rings. The first-order valence-corrected chi connectivity index (χ1v) is 7.91. The summed E-state index contributed by atoms with van der Waals surface area (Å²) in [5.74, 6) is 1.13. The molecule has 1 amide bonds. The Bertz CT molecular complexity index is 491. The van der Waals surface area contributed by atoms with Crippen LogP contribution in [0.25, 0.3) is 0 Å². The van der Waals surface area contributed by atoms with Gasteiger partial charge < -0.3 is 15.2 Å². The Morgan fingerprint density at radius 1 is 1.55 bits per heavy atom. The lowest BCUT2D eigenvalue weighted by atomic mass is 10.0. The second-order valence-corrected chi connectivity index (χ2v) is 6.04. The summed E-state index contributed by atoms with van der Waals surface area (Å²) in [6.07, 6.45) is 0.664. The van der Waals surface area contributed by atoms with Crippen LogP contribution in [0.1, 0.15) is 18.9 Å². The minimum absolute atomic E-state index is 0.0130. The van der Waals surface area contributed by atoms with E-state index in [1.807, 2.05) is 38.1 Å². The predicted molar refractivity (Wildman–Crippen MR) is 85.9 cm³/mol. The Balaban J connectivity index is 1.60. The molecule has 1 aromatic carbocycles. The Kier molecular flexibility index (Phi) is 6.21. The fourth-order valence-electron chi connectivity index (χ4n) is 2.72. The van der Waals surface area contributed by atoms with Crippen molar-refractivity contribution in [2.24, 2.45) is 5.92 Å². The van der Waals surface area contributed by atoms with Crippen molar-refractivity contribution in [2.75, 3.05) is 32.8 Å². The normalized spacial score (nSPS) is 19.9. The monoisotopic (exact) mass is 306 g/mol. The van der Waals surface area contributed by atoms with Gasteiger partial charge in [-0.25, -0.2) is 0 Å². The van der Waals surface area contributed by atoms with Crippen LogP contribution in [0.2, 0.25) is 0 Å². The molecule has 122 valence electrons. The number of aryl methyl sites for hydroxylation is 1. The van der Waals surface area contributed by atoms with E-state index in [0.717, 1.165) is 30.8 Å². The van der Waals surface area contributed by atoms with Gasteiger partial charge in [-0.1, -0.05) is 12.1 Å². The predicted octanol–water partition coefficient (Wildman–Crippen LogP) is 1.19. The van der Waals surface area contributed by atoms with Crippen LogP contribution in [0, 0.1) is 12.8 Å². The van der Waals surface area contributed by atoms with Crippen LogP contribution in [0.3, 0.4) is 0 Å². The highest BCUT2D eigenvalue weighted by Crippen LogP contribution is 2.18. The lowest BCUT2D eigenvalue weighted by Crippen LogP contribution is -2.38. The van der Waals surface area contributed by atoms with Crippen molar-refractivity contribution >= 4 is 5.91 Å². The number of ether oxygens (including phenoxy) is 1. The molecule has 5 heteroatoms. The third-order valence-corrected chi connectivity index (χ3v) is 4.04. The average molecular weight is 306 g/mol. The van der Waals surface area contributed by atoms with Crippen molar-refractivity contribution in [3.05, 3.63) is 29.8 Å². The highest BCUT2D eigenvalue weighted by atomic mass is 16.5. The molecule has 0 spiro atoms. The van der Waals surface area contributed by atoms with Gasteiger partial charge in [0.05, 0.1) is 19.2 Å². The van der Waals surface area contributed by atoms with E-state index >= 15 is 0 Å². The lowest BCUT2D eigenvalue weighted by molar-refractivity contribution is -0.122. The number of hydrogen-bond donors (Lipinski definition) is 2. The lowest BCUT2D eigenvalue weighted by Gasteiger charge is -2.17. The van der Waals surface area contributed by atoms with Crippen molar-refractivity contribution in [2.45, 2.75) is 26.4 Å². The Hall–Kier alpha value is -1.59. The van der Waals surface area contributed by atoms with Gasteiger partial charge in [0.2, 0.25) is 5.91 Å².